The topological polar surface area (TPSA) is 17.1 Å². The molecule has 0 amide bonds. The standard InChI is InChI=1S/C9H11ClOS/c1-5(11)4-8-6(2)12-7(3)9(8)10/h4H2,1-3H3. The van der Waals surface area contributed by atoms with E-state index in [1.54, 1.807) is 18.3 Å². The third-order valence-electron chi connectivity index (χ3n) is 1.73. The number of thiophene rings is 1. The van der Waals surface area contributed by atoms with Crippen LogP contribution in [0.5, 0.6) is 0 Å². The molecule has 1 aromatic heterocycles. The maximum absolute atomic E-state index is 10.9. The van der Waals surface area contributed by atoms with Crippen molar-refractivity contribution in [3.63, 3.8) is 0 Å². The molecule has 1 rings (SSSR count). The van der Waals surface area contributed by atoms with Crippen LogP contribution in [-0.4, -0.2) is 5.78 Å². The predicted molar refractivity (Wildman–Crippen MR) is 53.2 cm³/mol. The third kappa shape index (κ3) is 1.87. The van der Waals surface area contributed by atoms with E-state index >= 15 is 0 Å². The first-order chi connectivity index (χ1) is 5.52. The second kappa shape index (κ2) is 3.58. The van der Waals surface area contributed by atoms with Crippen LogP contribution in [0.15, 0.2) is 0 Å². The molecular formula is C9H11ClOS. The number of halogens is 1. The van der Waals surface area contributed by atoms with Gasteiger partial charge < -0.3 is 0 Å². The van der Waals surface area contributed by atoms with E-state index in [2.05, 4.69) is 0 Å². The van der Waals surface area contributed by atoms with E-state index in [9.17, 15) is 4.79 Å². The quantitative estimate of drug-likeness (QED) is 0.720. The molecule has 0 fully saturated rings. The van der Waals surface area contributed by atoms with Gasteiger partial charge in [0.1, 0.15) is 5.78 Å². The molecule has 1 aromatic rings. The van der Waals surface area contributed by atoms with Crippen molar-refractivity contribution in [1.29, 1.82) is 0 Å². The number of hydrogen-bond acceptors (Lipinski definition) is 2. The first-order valence-electron chi connectivity index (χ1n) is 3.76. The van der Waals surface area contributed by atoms with Crippen molar-refractivity contribution >= 4 is 28.7 Å². The highest BCUT2D eigenvalue weighted by Gasteiger charge is 2.11. The van der Waals surface area contributed by atoms with Gasteiger partial charge >= 0.3 is 0 Å². The molecule has 1 nitrogen and oxygen atoms in total. The molecule has 3 heteroatoms. The SMILES string of the molecule is CC(=O)Cc1c(C)sc(C)c1Cl. The lowest BCUT2D eigenvalue weighted by Gasteiger charge is -1.96. The summed E-state index contributed by atoms with van der Waals surface area (Å²) in [6.45, 7) is 5.56. The van der Waals surface area contributed by atoms with E-state index in [4.69, 9.17) is 11.6 Å². The highest BCUT2D eigenvalue weighted by atomic mass is 35.5. The van der Waals surface area contributed by atoms with Gasteiger partial charge in [-0.05, 0) is 26.3 Å². The molecule has 0 radical (unpaired) electrons. The van der Waals surface area contributed by atoms with E-state index in [1.807, 2.05) is 13.8 Å². The van der Waals surface area contributed by atoms with E-state index in [-0.39, 0.29) is 5.78 Å². The van der Waals surface area contributed by atoms with Gasteiger partial charge in [0.15, 0.2) is 0 Å². The molecule has 0 saturated heterocycles. The summed E-state index contributed by atoms with van der Waals surface area (Å²) >= 11 is 7.67. The maximum Gasteiger partial charge on any atom is 0.134 e. The summed E-state index contributed by atoms with van der Waals surface area (Å²) in [6, 6.07) is 0. The summed E-state index contributed by atoms with van der Waals surface area (Å²) < 4.78 is 0. The Balaban J connectivity index is 3.05. The summed E-state index contributed by atoms with van der Waals surface area (Å²) in [7, 11) is 0. The van der Waals surface area contributed by atoms with Crippen molar-refractivity contribution in [3.05, 3.63) is 20.3 Å². The smallest absolute Gasteiger partial charge is 0.134 e. The van der Waals surface area contributed by atoms with Crippen molar-refractivity contribution in [2.45, 2.75) is 27.2 Å². The van der Waals surface area contributed by atoms with E-state index < -0.39 is 0 Å². The summed E-state index contributed by atoms with van der Waals surface area (Å²) in [5.41, 5.74) is 1.01. The number of carbonyl (C=O) groups excluding carboxylic acids is 1. The molecule has 0 N–H and O–H groups in total. The minimum atomic E-state index is 0.165. The molecule has 0 unspecified atom stereocenters. The van der Waals surface area contributed by atoms with Crippen LogP contribution in [0.25, 0.3) is 0 Å². The minimum absolute atomic E-state index is 0.165. The van der Waals surface area contributed by atoms with Gasteiger partial charge in [0.05, 0.1) is 5.02 Å². The van der Waals surface area contributed by atoms with Gasteiger partial charge in [-0.15, -0.1) is 11.3 Å². The van der Waals surface area contributed by atoms with Gasteiger partial charge in [0.2, 0.25) is 0 Å². The number of rotatable bonds is 2. The first-order valence-corrected chi connectivity index (χ1v) is 4.95. The molecule has 66 valence electrons. The number of Topliss-reactive ketones (excluding diaryl/α,β-unsaturated/α-hetero) is 1. The fourth-order valence-electron chi connectivity index (χ4n) is 1.15. The fraction of sp³-hybridized carbons (Fsp3) is 0.444. The van der Waals surface area contributed by atoms with Crippen LogP contribution in [0.2, 0.25) is 5.02 Å². The van der Waals surface area contributed by atoms with Gasteiger partial charge in [0, 0.05) is 16.2 Å². The zero-order valence-corrected chi connectivity index (χ0v) is 8.97. The van der Waals surface area contributed by atoms with Gasteiger partial charge in [-0.3, -0.25) is 4.79 Å². The minimum Gasteiger partial charge on any atom is -0.300 e. The summed E-state index contributed by atoms with van der Waals surface area (Å²) in [5, 5.41) is 0.771. The van der Waals surface area contributed by atoms with Crippen molar-refractivity contribution in [3.8, 4) is 0 Å². The summed E-state index contributed by atoms with van der Waals surface area (Å²) in [6.07, 6.45) is 0.467. The van der Waals surface area contributed by atoms with Gasteiger partial charge in [-0.1, -0.05) is 11.6 Å². The Morgan fingerprint density at radius 3 is 2.33 bits per heavy atom. The maximum atomic E-state index is 10.9. The largest absolute Gasteiger partial charge is 0.300 e. The summed E-state index contributed by atoms with van der Waals surface area (Å²) in [5.74, 6) is 0.165. The van der Waals surface area contributed by atoms with Crippen LogP contribution in [0.3, 0.4) is 0 Å². The zero-order chi connectivity index (χ0) is 9.30. The molecule has 12 heavy (non-hydrogen) atoms. The lowest BCUT2D eigenvalue weighted by Crippen LogP contribution is -1.96. The molecule has 0 aromatic carbocycles. The van der Waals surface area contributed by atoms with Gasteiger partial charge in [-0.25, -0.2) is 0 Å². The number of ketones is 1. The van der Waals surface area contributed by atoms with Crippen LogP contribution in [0.4, 0.5) is 0 Å². The second-order valence-electron chi connectivity index (χ2n) is 2.89. The Hall–Kier alpha value is -0.340. The van der Waals surface area contributed by atoms with Crippen LogP contribution in [0, 0.1) is 13.8 Å². The summed E-state index contributed by atoms with van der Waals surface area (Å²) in [4.78, 5) is 13.1. The lowest BCUT2D eigenvalue weighted by atomic mass is 10.1. The monoisotopic (exact) mass is 202 g/mol. The zero-order valence-electron chi connectivity index (χ0n) is 7.40. The Bertz CT molecular complexity index is 315. The Labute approximate surface area is 81.4 Å². The molecule has 0 aliphatic rings. The molecule has 0 saturated carbocycles. The molecule has 0 aliphatic carbocycles. The van der Waals surface area contributed by atoms with Crippen LogP contribution < -0.4 is 0 Å². The average molecular weight is 203 g/mol. The predicted octanol–water partition coefficient (Wildman–Crippen LogP) is 3.15. The van der Waals surface area contributed by atoms with Crippen molar-refractivity contribution < 1.29 is 4.79 Å². The molecular weight excluding hydrogens is 192 g/mol. The molecule has 0 spiro atoms. The third-order valence-corrected chi connectivity index (χ3v) is 3.42. The van der Waals surface area contributed by atoms with Gasteiger partial charge in [0.25, 0.3) is 0 Å². The van der Waals surface area contributed by atoms with Crippen molar-refractivity contribution in [2.24, 2.45) is 0 Å². The normalized spacial score (nSPS) is 10.3. The Kier molecular flexibility index (Phi) is 2.91. The highest BCUT2D eigenvalue weighted by Crippen LogP contribution is 2.31. The van der Waals surface area contributed by atoms with Gasteiger partial charge in [-0.2, -0.15) is 0 Å². The van der Waals surface area contributed by atoms with Crippen molar-refractivity contribution in [1.82, 2.24) is 0 Å². The van der Waals surface area contributed by atoms with E-state index in [0.29, 0.717) is 6.42 Å². The molecule has 0 bridgehead atoms. The van der Waals surface area contributed by atoms with Crippen molar-refractivity contribution in [2.75, 3.05) is 0 Å². The van der Waals surface area contributed by atoms with E-state index in [0.717, 1.165) is 20.3 Å². The molecule has 1 heterocycles. The number of hydrogen-bond donors (Lipinski definition) is 0. The Morgan fingerprint density at radius 2 is 2.00 bits per heavy atom. The molecule has 0 aliphatic heterocycles. The fourth-order valence-corrected chi connectivity index (χ4v) is 2.50. The average Bonchev–Trinajstić information content (AvgIpc) is 2.16. The van der Waals surface area contributed by atoms with E-state index in [1.165, 1.54) is 0 Å². The lowest BCUT2D eigenvalue weighted by molar-refractivity contribution is -0.116. The number of carbonyl (C=O) groups is 1. The first kappa shape index (κ1) is 9.75. The van der Waals surface area contributed by atoms with Crippen LogP contribution in [0.1, 0.15) is 22.2 Å². The van der Waals surface area contributed by atoms with Crippen LogP contribution in [-0.2, 0) is 11.2 Å². The Morgan fingerprint density at radius 1 is 1.42 bits per heavy atom. The highest BCUT2D eigenvalue weighted by molar-refractivity contribution is 7.12. The second-order valence-corrected chi connectivity index (χ2v) is 4.69. The number of aryl methyl sites for hydroxylation is 2. The molecule has 0 atom stereocenters. The van der Waals surface area contributed by atoms with Crippen LogP contribution >= 0.6 is 22.9 Å².